The van der Waals surface area contributed by atoms with Crippen molar-refractivity contribution in [1.82, 2.24) is 5.32 Å². The summed E-state index contributed by atoms with van der Waals surface area (Å²) in [7, 11) is 0. The quantitative estimate of drug-likeness (QED) is 0.867. The van der Waals surface area contributed by atoms with E-state index in [-0.39, 0.29) is 5.91 Å². The summed E-state index contributed by atoms with van der Waals surface area (Å²) in [4.78, 5) is 11.9. The summed E-state index contributed by atoms with van der Waals surface area (Å²) in [6.07, 6.45) is 0. The molecule has 2 rings (SSSR count). The van der Waals surface area contributed by atoms with Gasteiger partial charge in [-0.3, -0.25) is 4.79 Å². The van der Waals surface area contributed by atoms with Crippen molar-refractivity contribution in [1.29, 1.82) is 0 Å². The lowest BCUT2D eigenvalue weighted by Crippen LogP contribution is -2.12. The molecule has 4 heteroatoms. The van der Waals surface area contributed by atoms with E-state index in [2.05, 4.69) is 17.6 Å². The molecule has 1 aromatic carbocycles. The Bertz CT molecular complexity index is 544. The Hall–Kier alpha value is -2.07. The Balaban J connectivity index is 1.97. The fraction of sp³-hybridized carbons (Fsp3) is 0.267. The van der Waals surface area contributed by atoms with Crippen LogP contribution in [-0.4, -0.2) is 12.5 Å². The van der Waals surface area contributed by atoms with E-state index < -0.39 is 0 Å². The molecular weight excluding hydrogens is 240 g/mol. The molecule has 4 nitrogen and oxygen atoms in total. The molecule has 0 saturated heterocycles. The van der Waals surface area contributed by atoms with E-state index in [4.69, 9.17) is 4.42 Å². The molecule has 2 aromatic rings. The van der Waals surface area contributed by atoms with Gasteiger partial charge in [0.15, 0.2) is 5.76 Å². The maximum Gasteiger partial charge on any atom is 0.291 e. The van der Waals surface area contributed by atoms with Crippen LogP contribution in [0.2, 0.25) is 0 Å². The Kier molecular flexibility index (Phi) is 4.36. The molecule has 0 aliphatic carbocycles. The van der Waals surface area contributed by atoms with E-state index in [0.29, 0.717) is 5.76 Å². The van der Waals surface area contributed by atoms with Gasteiger partial charge in [-0.1, -0.05) is 19.1 Å². The molecule has 0 fully saturated rings. The molecule has 1 heterocycles. The number of rotatable bonds is 5. The molecule has 1 amide bonds. The van der Waals surface area contributed by atoms with E-state index in [0.717, 1.165) is 24.5 Å². The number of amides is 1. The van der Waals surface area contributed by atoms with Gasteiger partial charge in [0.2, 0.25) is 0 Å². The van der Waals surface area contributed by atoms with Gasteiger partial charge >= 0.3 is 0 Å². The van der Waals surface area contributed by atoms with Crippen molar-refractivity contribution in [3.8, 4) is 0 Å². The van der Waals surface area contributed by atoms with Crippen molar-refractivity contribution < 1.29 is 9.21 Å². The average molecular weight is 258 g/mol. The summed E-state index contributed by atoms with van der Waals surface area (Å²) in [5, 5.41) is 6.05. The summed E-state index contributed by atoms with van der Waals surface area (Å²) in [5.41, 5.74) is 1.95. The monoisotopic (exact) mass is 258 g/mol. The third-order valence-electron chi connectivity index (χ3n) is 2.76. The van der Waals surface area contributed by atoms with Gasteiger partial charge in [0, 0.05) is 12.2 Å². The van der Waals surface area contributed by atoms with Crippen LogP contribution in [0.5, 0.6) is 0 Å². The lowest BCUT2D eigenvalue weighted by molar-refractivity contribution is 0.0995. The van der Waals surface area contributed by atoms with Gasteiger partial charge in [-0.2, -0.15) is 0 Å². The van der Waals surface area contributed by atoms with Crippen LogP contribution < -0.4 is 10.6 Å². The number of anilines is 1. The van der Waals surface area contributed by atoms with Crippen LogP contribution in [0.25, 0.3) is 0 Å². The van der Waals surface area contributed by atoms with Crippen molar-refractivity contribution >= 4 is 11.6 Å². The van der Waals surface area contributed by atoms with Crippen molar-refractivity contribution in [2.45, 2.75) is 20.4 Å². The van der Waals surface area contributed by atoms with E-state index in [1.807, 2.05) is 31.2 Å². The highest BCUT2D eigenvalue weighted by Crippen LogP contribution is 2.13. The van der Waals surface area contributed by atoms with Gasteiger partial charge in [0.25, 0.3) is 5.91 Å². The van der Waals surface area contributed by atoms with Crippen LogP contribution in [0.3, 0.4) is 0 Å². The molecule has 0 unspecified atom stereocenters. The number of benzene rings is 1. The molecule has 2 N–H and O–H groups in total. The zero-order chi connectivity index (χ0) is 13.7. The predicted molar refractivity (Wildman–Crippen MR) is 75.2 cm³/mol. The normalized spacial score (nSPS) is 10.4. The molecule has 1 aromatic heterocycles. The van der Waals surface area contributed by atoms with E-state index >= 15 is 0 Å². The van der Waals surface area contributed by atoms with Gasteiger partial charge in [-0.15, -0.1) is 0 Å². The van der Waals surface area contributed by atoms with Crippen molar-refractivity contribution in [3.63, 3.8) is 0 Å². The maximum atomic E-state index is 11.9. The summed E-state index contributed by atoms with van der Waals surface area (Å²) < 4.78 is 5.27. The second-order valence-corrected chi connectivity index (χ2v) is 4.34. The van der Waals surface area contributed by atoms with Crippen molar-refractivity contribution in [3.05, 3.63) is 53.5 Å². The standard InChI is InChI=1S/C15H18N2O2/c1-3-16-10-12-5-7-13(8-6-12)17-15(18)14-9-4-11(2)19-14/h4-9,16H,3,10H2,1-2H3,(H,17,18). The number of carbonyl (C=O) groups excluding carboxylic acids is 1. The van der Waals surface area contributed by atoms with Crippen LogP contribution in [0.1, 0.15) is 28.8 Å². The fourth-order valence-electron chi connectivity index (χ4n) is 1.72. The molecule has 0 aliphatic heterocycles. The van der Waals surface area contributed by atoms with Gasteiger partial charge in [-0.25, -0.2) is 0 Å². The van der Waals surface area contributed by atoms with Crippen molar-refractivity contribution in [2.24, 2.45) is 0 Å². The topological polar surface area (TPSA) is 54.3 Å². The highest BCUT2D eigenvalue weighted by Gasteiger charge is 2.09. The van der Waals surface area contributed by atoms with Crippen molar-refractivity contribution in [2.75, 3.05) is 11.9 Å². The largest absolute Gasteiger partial charge is 0.456 e. The molecule has 0 aliphatic rings. The zero-order valence-corrected chi connectivity index (χ0v) is 11.2. The summed E-state index contributed by atoms with van der Waals surface area (Å²) >= 11 is 0. The number of hydrogen-bond acceptors (Lipinski definition) is 3. The fourth-order valence-corrected chi connectivity index (χ4v) is 1.72. The van der Waals surface area contributed by atoms with E-state index in [9.17, 15) is 4.79 Å². The molecular formula is C15H18N2O2. The number of aryl methyl sites for hydroxylation is 1. The minimum Gasteiger partial charge on any atom is -0.456 e. The smallest absolute Gasteiger partial charge is 0.291 e. The summed E-state index contributed by atoms with van der Waals surface area (Å²) in [5.74, 6) is 0.827. The van der Waals surface area contributed by atoms with Crippen LogP contribution in [0.4, 0.5) is 5.69 Å². The third kappa shape index (κ3) is 3.69. The van der Waals surface area contributed by atoms with Gasteiger partial charge in [0.05, 0.1) is 0 Å². The van der Waals surface area contributed by atoms with Crippen LogP contribution in [0, 0.1) is 6.92 Å². The number of hydrogen-bond donors (Lipinski definition) is 2. The molecule has 0 bridgehead atoms. The lowest BCUT2D eigenvalue weighted by atomic mass is 10.2. The Morgan fingerprint density at radius 1 is 1.16 bits per heavy atom. The SMILES string of the molecule is CCNCc1ccc(NC(=O)c2ccc(C)o2)cc1. The van der Waals surface area contributed by atoms with Gasteiger partial charge < -0.3 is 15.1 Å². The first-order valence-corrected chi connectivity index (χ1v) is 6.36. The average Bonchev–Trinajstić information content (AvgIpc) is 2.85. The number of carbonyl (C=O) groups is 1. The molecule has 0 atom stereocenters. The first-order chi connectivity index (χ1) is 9.19. The zero-order valence-electron chi connectivity index (χ0n) is 11.2. The van der Waals surface area contributed by atoms with Gasteiger partial charge in [-0.05, 0) is 43.3 Å². The summed E-state index contributed by atoms with van der Waals surface area (Å²) in [6, 6.07) is 11.2. The first-order valence-electron chi connectivity index (χ1n) is 6.36. The third-order valence-corrected chi connectivity index (χ3v) is 2.76. The Labute approximate surface area is 112 Å². The van der Waals surface area contributed by atoms with Crippen LogP contribution in [-0.2, 0) is 6.54 Å². The maximum absolute atomic E-state index is 11.9. The highest BCUT2D eigenvalue weighted by atomic mass is 16.3. The molecule has 0 spiro atoms. The predicted octanol–water partition coefficient (Wildman–Crippen LogP) is 2.95. The van der Waals surface area contributed by atoms with Crippen LogP contribution >= 0.6 is 0 Å². The van der Waals surface area contributed by atoms with Gasteiger partial charge in [0.1, 0.15) is 5.76 Å². The highest BCUT2D eigenvalue weighted by molar-refractivity contribution is 6.02. The minimum atomic E-state index is -0.229. The van der Waals surface area contributed by atoms with E-state index in [1.54, 1.807) is 12.1 Å². The number of nitrogens with one attached hydrogen (secondary N) is 2. The molecule has 100 valence electrons. The first kappa shape index (κ1) is 13.4. The minimum absolute atomic E-state index is 0.229. The second-order valence-electron chi connectivity index (χ2n) is 4.34. The molecule has 19 heavy (non-hydrogen) atoms. The van der Waals surface area contributed by atoms with E-state index in [1.165, 1.54) is 5.56 Å². The Morgan fingerprint density at radius 2 is 1.89 bits per heavy atom. The Morgan fingerprint density at radius 3 is 2.47 bits per heavy atom. The lowest BCUT2D eigenvalue weighted by Gasteiger charge is -2.05. The van der Waals surface area contributed by atoms with Crippen LogP contribution in [0.15, 0.2) is 40.8 Å². The molecule has 0 saturated carbocycles. The second kappa shape index (κ2) is 6.20. The molecule has 0 radical (unpaired) electrons. The number of furan rings is 1. The summed E-state index contributed by atoms with van der Waals surface area (Å²) in [6.45, 7) is 5.66.